The first-order chi connectivity index (χ1) is 10.7. The minimum atomic E-state index is -0.327. The van der Waals surface area contributed by atoms with Crippen LogP contribution < -0.4 is 11.1 Å². The van der Waals surface area contributed by atoms with Gasteiger partial charge >= 0.3 is 6.03 Å². The molecular formula is C17H25N3O3. The van der Waals surface area contributed by atoms with Gasteiger partial charge in [-0.15, -0.1) is 0 Å². The van der Waals surface area contributed by atoms with Crippen molar-refractivity contribution in [3.05, 3.63) is 23.2 Å². The van der Waals surface area contributed by atoms with E-state index >= 15 is 0 Å². The van der Waals surface area contributed by atoms with Crippen LogP contribution in [0.5, 0.6) is 0 Å². The highest BCUT2D eigenvalue weighted by molar-refractivity contribution is 5.80. The molecule has 1 aliphatic carbocycles. The third-order valence-corrected chi connectivity index (χ3v) is 4.91. The van der Waals surface area contributed by atoms with Crippen LogP contribution in [0.2, 0.25) is 0 Å². The molecule has 1 aromatic heterocycles. The number of nitrogens with one attached hydrogen (secondary N) is 1. The van der Waals surface area contributed by atoms with Gasteiger partial charge in [0.05, 0.1) is 12.0 Å². The summed E-state index contributed by atoms with van der Waals surface area (Å²) in [6.07, 6.45) is 2.41. The maximum atomic E-state index is 12.5. The normalized spacial score (nSPS) is 26.0. The van der Waals surface area contributed by atoms with Gasteiger partial charge in [0.2, 0.25) is 5.91 Å². The van der Waals surface area contributed by atoms with E-state index in [1.54, 1.807) is 4.90 Å². The predicted molar refractivity (Wildman–Crippen MR) is 85.7 cm³/mol. The summed E-state index contributed by atoms with van der Waals surface area (Å²) in [5.41, 5.74) is 6.50. The molecule has 2 atom stereocenters. The summed E-state index contributed by atoms with van der Waals surface area (Å²) >= 11 is 0. The molecule has 0 radical (unpaired) electrons. The van der Waals surface area contributed by atoms with Crippen molar-refractivity contribution in [3.63, 3.8) is 0 Å². The first kappa shape index (κ1) is 15.9. The second kappa shape index (κ2) is 5.58. The summed E-state index contributed by atoms with van der Waals surface area (Å²) < 4.78 is 5.80. The number of hydrogen-bond acceptors (Lipinski definition) is 3. The van der Waals surface area contributed by atoms with E-state index in [0.29, 0.717) is 19.5 Å². The van der Waals surface area contributed by atoms with E-state index < -0.39 is 0 Å². The Balaban J connectivity index is 1.72. The molecule has 3 amide bonds. The van der Waals surface area contributed by atoms with Gasteiger partial charge in [-0.1, -0.05) is 13.8 Å². The van der Waals surface area contributed by atoms with Gasteiger partial charge in [-0.25, -0.2) is 4.79 Å². The van der Waals surface area contributed by atoms with Gasteiger partial charge in [-0.05, 0) is 31.2 Å². The lowest BCUT2D eigenvalue weighted by Crippen LogP contribution is -2.43. The monoisotopic (exact) mass is 319 g/mol. The minimum Gasteiger partial charge on any atom is -0.466 e. The molecule has 0 spiro atoms. The molecule has 126 valence electrons. The van der Waals surface area contributed by atoms with Crippen molar-refractivity contribution in [1.29, 1.82) is 0 Å². The van der Waals surface area contributed by atoms with Gasteiger partial charge in [0.15, 0.2) is 0 Å². The molecule has 1 aliphatic heterocycles. The molecule has 6 nitrogen and oxygen atoms in total. The zero-order chi connectivity index (χ0) is 16.8. The number of carbonyl (C=O) groups is 2. The van der Waals surface area contributed by atoms with Crippen LogP contribution >= 0.6 is 0 Å². The lowest BCUT2D eigenvalue weighted by atomic mass is 9.75. The van der Waals surface area contributed by atoms with Gasteiger partial charge in [0, 0.05) is 25.1 Å². The fraction of sp³-hybridized carbons (Fsp3) is 0.647. The Morgan fingerprint density at radius 2 is 2.17 bits per heavy atom. The first-order valence-corrected chi connectivity index (χ1v) is 8.19. The summed E-state index contributed by atoms with van der Waals surface area (Å²) in [5, 5.41) is 3.12. The Labute approximate surface area is 136 Å². The number of aryl methyl sites for hydroxylation is 1. The number of amides is 3. The molecule has 2 aliphatic rings. The number of urea groups is 1. The molecular weight excluding hydrogens is 294 g/mol. The van der Waals surface area contributed by atoms with E-state index in [1.165, 1.54) is 0 Å². The summed E-state index contributed by atoms with van der Waals surface area (Å²) in [4.78, 5) is 25.5. The van der Waals surface area contributed by atoms with Crippen molar-refractivity contribution >= 4 is 11.9 Å². The second-order valence-corrected chi connectivity index (χ2v) is 7.62. The Bertz CT molecular complexity index is 635. The lowest BCUT2D eigenvalue weighted by Gasteiger charge is -2.35. The van der Waals surface area contributed by atoms with Gasteiger partial charge in [-0.2, -0.15) is 0 Å². The zero-order valence-corrected chi connectivity index (χ0v) is 14.0. The summed E-state index contributed by atoms with van der Waals surface area (Å²) in [6, 6.07) is 1.85. The molecule has 0 unspecified atom stereocenters. The Kier molecular flexibility index (Phi) is 3.86. The van der Waals surface area contributed by atoms with Crippen LogP contribution in [0, 0.1) is 18.3 Å². The van der Waals surface area contributed by atoms with Crippen molar-refractivity contribution in [1.82, 2.24) is 10.2 Å². The summed E-state index contributed by atoms with van der Waals surface area (Å²) in [6.45, 7) is 7.29. The molecule has 1 aromatic rings. The van der Waals surface area contributed by atoms with E-state index in [9.17, 15) is 9.59 Å². The number of likely N-dealkylation sites (tertiary alicyclic amines) is 1. The van der Waals surface area contributed by atoms with E-state index in [2.05, 4.69) is 19.2 Å². The Hall–Kier alpha value is -1.98. The fourth-order valence-corrected chi connectivity index (χ4v) is 3.73. The van der Waals surface area contributed by atoms with Crippen LogP contribution in [0.3, 0.4) is 0 Å². The van der Waals surface area contributed by atoms with Crippen LogP contribution in [-0.2, 0) is 11.2 Å². The third-order valence-electron chi connectivity index (χ3n) is 4.91. The average molecular weight is 319 g/mol. The molecule has 0 aromatic carbocycles. The molecule has 0 saturated carbocycles. The third kappa shape index (κ3) is 3.21. The lowest BCUT2D eigenvalue weighted by molar-refractivity contribution is -0.121. The molecule has 3 N–H and O–H groups in total. The van der Waals surface area contributed by atoms with Crippen molar-refractivity contribution in [2.24, 2.45) is 17.1 Å². The van der Waals surface area contributed by atoms with Crippen LogP contribution in [-0.4, -0.2) is 29.9 Å². The van der Waals surface area contributed by atoms with Crippen molar-refractivity contribution in [2.45, 2.75) is 46.1 Å². The smallest absolute Gasteiger partial charge is 0.317 e. The quantitative estimate of drug-likeness (QED) is 0.875. The molecule has 6 heteroatoms. The Morgan fingerprint density at radius 1 is 1.43 bits per heavy atom. The predicted octanol–water partition coefficient (Wildman–Crippen LogP) is 2.12. The maximum absolute atomic E-state index is 12.5. The van der Waals surface area contributed by atoms with E-state index in [-0.39, 0.29) is 29.3 Å². The Morgan fingerprint density at radius 3 is 2.83 bits per heavy atom. The van der Waals surface area contributed by atoms with Crippen LogP contribution in [0.1, 0.15) is 49.8 Å². The highest BCUT2D eigenvalue weighted by Gasteiger charge is 2.37. The van der Waals surface area contributed by atoms with E-state index in [4.69, 9.17) is 10.2 Å². The van der Waals surface area contributed by atoms with Crippen LogP contribution in [0.15, 0.2) is 10.5 Å². The largest absolute Gasteiger partial charge is 0.466 e. The average Bonchev–Trinajstić information content (AvgIpc) is 3.03. The molecule has 1 fully saturated rings. The SMILES string of the molecule is Cc1cc2c(o1)CC(C)(C)C[C@@H]2NC(=O)N1CC[C@@H](C(N)=O)C1. The van der Waals surface area contributed by atoms with E-state index in [1.807, 2.05) is 13.0 Å². The van der Waals surface area contributed by atoms with Crippen molar-refractivity contribution < 1.29 is 14.0 Å². The van der Waals surface area contributed by atoms with E-state index in [0.717, 1.165) is 29.9 Å². The number of hydrogen-bond donors (Lipinski definition) is 2. The molecule has 23 heavy (non-hydrogen) atoms. The van der Waals surface area contributed by atoms with Gasteiger partial charge in [0.25, 0.3) is 0 Å². The summed E-state index contributed by atoms with van der Waals surface area (Å²) in [5.74, 6) is 1.30. The molecule has 0 bridgehead atoms. The van der Waals surface area contributed by atoms with Gasteiger partial charge in [0.1, 0.15) is 11.5 Å². The minimum absolute atomic E-state index is 0.0497. The number of nitrogens with zero attached hydrogens (tertiary/aromatic N) is 1. The number of rotatable bonds is 2. The topological polar surface area (TPSA) is 88.6 Å². The van der Waals surface area contributed by atoms with Crippen molar-refractivity contribution in [3.8, 4) is 0 Å². The van der Waals surface area contributed by atoms with Crippen LogP contribution in [0.25, 0.3) is 0 Å². The highest BCUT2D eigenvalue weighted by Crippen LogP contribution is 2.42. The number of carbonyl (C=O) groups excluding carboxylic acids is 2. The number of fused-ring (bicyclic) bond motifs is 1. The van der Waals surface area contributed by atoms with Crippen LogP contribution in [0.4, 0.5) is 4.79 Å². The highest BCUT2D eigenvalue weighted by atomic mass is 16.3. The first-order valence-electron chi connectivity index (χ1n) is 8.19. The molecule has 1 saturated heterocycles. The van der Waals surface area contributed by atoms with Crippen molar-refractivity contribution in [2.75, 3.05) is 13.1 Å². The maximum Gasteiger partial charge on any atom is 0.317 e. The number of furan rings is 1. The van der Waals surface area contributed by atoms with Gasteiger partial charge < -0.3 is 20.4 Å². The van der Waals surface area contributed by atoms with Gasteiger partial charge in [-0.3, -0.25) is 4.79 Å². The second-order valence-electron chi connectivity index (χ2n) is 7.62. The summed E-state index contributed by atoms with van der Waals surface area (Å²) in [7, 11) is 0. The standard InChI is InChI=1S/C17H25N3O3/c1-10-6-12-13(7-17(2,3)8-14(12)23-10)19-16(22)20-5-4-11(9-20)15(18)21/h6,11,13H,4-5,7-9H2,1-3H3,(H2,18,21)(H,19,22)/t11-,13+/m1/s1. The number of nitrogens with two attached hydrogens (primary N) is 1. The zero-order valence-electron chi connectivity index (χ0n) is 14.0. The molecule has 2 heterocycles. The molecule has 3 rings (SSSR count). The fourth-order valence-electron chi connectivity index (χ4n) is 3.73. The number of primary amides is 1.